The van der Waals surface area contributed by atoms with Crippen molar-refractivity contribution in [2.45, 2.75) is 51.7 Å². The van der Waals surface area contributed by atoms with E-state index in [1.54, 1.807) is 0 Å². The molecule has 3 heterocycles. The molecule has 2 aliphatic heterocycles. The highest BCUT2D eigenvalue weighted by molar-refractivity contribution is 5.06. The van der Waals surface area contributed by atoms with E-state index in [0.29, 0.717) is 5.41 Å². The number of ether oxygens (including phenoxy) is 2. The Labute approximate surface area is 163 Å². The molecular formula is C21H36N4O2. The number of fused-ring (bicyclic) bond motifs is 1. The van der Waals surface area contributed by atoms with E-state index in [-0.39, 0.29) is 0 Å². The molecule has 152 valence electrons. The van der Waals surface area contributed by atoms with Gasteiger partial charge in [0.25, 0.3) is 0 Å². The maximum atomic E-state index is 5.77. The Hall–Kier alpha value is -0.950. The molecule has 6 heteroatoms. The first-order valence-electron chi connectivity index (χ1n) is 10.8. The van der Waals surface area contributed by atoms with Gasteiger partial charge in [-0.3, -0.25) is 14.5 Å². The second-order valence-corrected chi connectivity index (χ2v) is 8.77. The van der Waals surface area contributed by atoms with Crippen LogP contribution in [0.25, 0.3) is 0 Å². The number of nitrogens with zero attached hydrogens (tertiary/aromatic N) is 4. The molecule has 0 spiro atoms. The van der Waals surface area contributed by atoms with Crippen molar-refractivity contribution in [3.05, 3.63) is 18.0 Å². The Morgan fingerprint density at radius 3 is 2.85 bits per heavy atom. The molecule has 4 rings (SSSR count). The average molecular weight is 377 g/mol. The summed E-state index contributed by atoms with van der Waals surface area (Å²) in [4.78, 5) is 5.33. The monoisotopic (exact) mass is 376 g/mol. The van der Waals surface area contributed by atoms with Gasteiger partial charge in [-0.1, -0.05) is 0 Å². The number of hydrogen-bond acceptors (Lipinski definition) is 5. The van der Waals surface area contributed by atoms with Crippen molar-refractivity contribution in [3.8, 4) is 0 Å². The van der Waals surface area contributed by atoms with Gasteiger partial charge in [-0.2, -0.15) is 5.10 Å². The molecule has 3 aliphatic rings. The molecular weight excluding hydrogens is 340 g/mol. The van der Waals surface area contributed by atoms with Crippen LogP contribution in [0, 0.1) is 11.3 Å². The third kappa shape index (κ3) is 4.24. The van der Waals surface area contributed by atoms with Crippen LogP contribution in [0.5, 0.6) is 0 Å². The largest absolute Gasteiger partial charge is 0.384 e. The van der Waals surface area contributed by atoms with Crippen molar-refractivity contribution in [3.63, 3.8) is 0 Å². The van der Waals surface area contributed by atoms with Gasteiger partial charge < -0.3 is 9.47 Å². The van der Waals surface area contributed by atoms with E-state index in [1.165, 1.54) is 44.3 Å². The Morgan fingerprint density at radius 2 is 2.11 bits per heavy atom. The van der Waals surface area contributed by atoms with Gasteiger partial charge >= 0.3 is 0 Å². The third-order valence-electron chi connectivity index (χ3n) is 7.14. The second kappa shape index (κ2) is 8.60. The molecule has 1 saturated carbocycles. The van der Waals surface area contributed by atoms with Gasteiger partial charge in [0.15, 0.2) is 0 Å². The summed E-state index contributed by atoms with van der Waals surface area (Å²) >= 11 is 0. The number of hydrogen-bond donors (Lipinski definition) is 0. The Bertz CT molecular complexity index is 601. The molecule has 0 unspecified atom stereocenters. The zero-order valence-corrected chi connectivity index (χ0v) is 17.1. The van der Waals surface area contributed by atoms with E-state index < -0.39 is 0 Å². The average Bonchev–Trinajstić information content (AvgIpc) is 3.16. The van der Waals surface area contributed by atoms with Crippen LogP contribution in [-0.2, 0) is 22.6 Å². The van der Waals surface area contributed by atoms with E-state index >= 15 is 0 Å². The van der Waals surface area contributed by atoms with Gasteiger partial charge in [0, 0.05) is 63.1 Å². The maximum absolute atomic E-state index is 5.77. The summed E-state index contributed by atoms with van der Waals surface area (Å²) in [5, 5.41) is 4.45. The molecule has 0 bridgehead atoms. The highest BCUT2D eigenvalue weighted by atomic mass is 16.5. The minimum absolute atomic E-state index is 0.330. The Balaban J connectivity index is 1.41. The summed E-state index contributed by atoms with van der Waals surface area (Å²) in [5.41, 5.74) is 1.67. The van der Waals surface area contributed by atoms with Gasteiger partial charge in [-0.05, 0) is 45.1 Å². The molecule has 1 aromatic heterocycles. The molecule has 0 radical (unpaired) electrons. The predicted octanol–water partition coefficient (Wildman–Crippen LogP) is 2.24. The number of aryl methyl sites for hydroxylation is 1. The predicted molar refractivity (Wildman–Crippen MR) is 106 cm³/mol. The van der Waals surface area contributed by atoms with Gasteiger partial charge in [-0.25, -0.2) is 0 Å². The lowest BCUT2D eigenvalue weighted by Crippen LogP contribution is -2.56. The zero-order valence-electron chi connectivity index (χ0n) is 17.1. The third-order valence-corrected chi connectivity index (χ3v) is 7.14. The summed E-state index contributed by atoms with van der Waals surface area (Å²) in [7, 11) is 1.88. The number of rotatable bonds is 6. The van der Waals surface area contributed by atoms with Crippen LogP contribution in [0.4, 0.5) is 0 Å². The lowest BCUT2D eigenvalue weighted by Gasteiger charge is -2.54. The molecule has 0 amide bonds. The number of piperidine rings is 1. The first-order chi connectivity index (χ1) is 13.2. The summed E-state index contributed by atoms with van der Waals surface area (Å²) < 4.78 is 13.4. The smallest absolute Gasteiger partial charge is 0.0594 e. The van der Waals surface area contributed by atoms with E-state index in [1.807, 2.05) is 18.0 Å². The topological polar surface area (TPSA) is 42.8 Å². The Kier molecular flexibility index (Phi) is 6.17. The molecule has 2 saturated heterocycles. The molecule has 27 heavy (non-hydrogen) atoms. The summed E-state index contributed by atoms with van der Waals surface area (Å²) in [6.07, 6.45) is 9.47. The number of aromatic nitrogens is 2. The van der Waals surface area contributed by atoms with Crippen LogP contribution < -0.4 is 0 Å². The molecule has 1 aliphatic carbocycles. The van der Waals surface area contributed by atoms with Gasteiger partial charge in [0.1, 0.15) is 0 Å². The zero-order chi connectivity index (χ0) is 18.7. The fourth-order valence-electron chi connectivity index (χ4n) is 5.70. The standard InChI is InChI=1S/C21H36N4O2/c1-3-25-15-18(13-22-25)14-23-7-5-19-12-20(24-8-10-27-11-9-24)4-6-21(19,16-23)17-26-2/h13,15,19-20H,3-12,14,16-17H2,1-2H3/t19-,20-,21+/m0/s1. The van der Waals surface area contributed by atoms with Crippen molar-refractivity contribution in [2.24, 2.45) is 11.3 Å². The number of methoxy groups -OCH3 is 1. The summed E-state index contributed by atoms with van der Waals surface area (Å²) in [5.74, 6) is 0.786. The maximum Gasteiger partial charge on any atom is 0.0594 e. The quantitative estimate of drug-likeness (QED) is 0.762. The first kappa shape index (κ1) is 19.4. The normalized spacial score (nSPS) is 33.1. The fraction of sp³-hybridized carbons (Fsp3) is 0.857. The van der Waals surface area contributed by atoms with Gasteiger partial charge in [0.05, 0.1) is 26.0 Å². The van der Waals surface area contributed by atoms with Crippen molar-refractivity contribution >= 4 is 0 Å². The number of morpholine rings is 1. The van der Waals surface area contributed by atoms with E-state index in [0.717, 1.165) is 58.0 Å². The van der Waals surface area contributed by atoms with Crippen LogP contribution >= 0.6 is 0 Å². The molecule has 3 atom stereocenters. The van der Waals surface area contributed by atoms with Crippen molar-refractivity contribution in [1.29, 1.82) is 0 Å². The fourth-order valence-corrected chi connectivity index (χ4v) is 5.70. The van der Waals surface area contributed by atoms with Crippen LogP contribution in [0.1, 0.15) is 38.2 Å². The van der Waals surface area contributed by atoms with Crippen molar-refractivity contribution < 1.29 is 9.47 Å². The lowest BCUT2D eigenvalue weighted by molar-refractivity contribution is -0.0870. The van der Waals surface area contributed by atoms with Gasteiger partial charge in [-0.15, -0.1) is 0 Å². The highest BCUT2D eigenvalue weighted by Crippen LogP contribution is 2.48. The van der Waals surface area contributed by atoms with Crippen LogP contribution in [-0.4, -0.2) is 78.7 Å². The van der Waals surface area contributed by atoms with E-state index in [2.05, 4.69) is 28.0 Å². The Morgan fingerprint density at radius 1 is 1.26 bits per heavy atom. The van der Waals surface area contributed by atoms with Crippen molar-refractivity contribution in [1.82, 2.24) is 19.6 Å². The lowest BCUT2D eigenvalue weighted by atomic mass is 9.62. The minimum atomic E-state index is 0.330. The highest BCUT2D eigenvalue weighted by Gasteiger charge is 2.47. The van der Waals surface area contributed by atoms with Crippen LogP contribution in [0.3, 0.4) is 0 Å². The second-order valence-electron chi connectivity index (χ2n) is 8.77. The molecule has 6 nitrogen and oxygen atoms in total. The van der Waals surface area contributed by atoms with Crippen LogP contribution in [0.15, 0.2) is 12.4 Å². The molecule has 1 aromatic rings. The SMILES string of the molecule is CCn1cc(CN2CC[C@H]3C[C@@H](N4CCOCC4)CC[C@]3(COC)C2)cn1. The van der Waals surface area contributed by atoms with Gasteiger partial charge in [0.2, 0.25) is 0 Å². The molecule has 0 aromatic carbocycles. The summed E-state index contributed by atoms with van der Waals surface area (Å²) in [6, 6.07) is 0.748. The molecule has 0 N–H and O–H groups in total. The summed E-state index contributed by atoms with van der Waals surface area (Å²) in [6.45, 7) is 11.4. The van der Waals surface area contributed by atoms with E-state index in [4.69, 9.17) is 9.47 Å². The minimum Gasteiger partial charge on any atom is -0.384 e. The van der Waals surface area contributed by atoms with Crippen LogP contribution in [0.2, 0.25) is 0 Å². The van der Waals surface area contributed by atoms with E-state index in [9.17, 15) is 0 Å². The first-order valence-corrected chi connectivity index (χ1v) is 10.8. The van der Waals surface area contributed by atoms with Crippen molar-refractivity contribution in [2.75, 3.05) is 53.1 Å². The molecule has 3 fully saturated rings. The number of likely N-dealkylation sites (tertiary alicyclic amines) is 1.